The Balaban J connectivity index is 2.14. The topological polar surface area (TPSA) is 102 Å². The third kappa shape index (κ3) is 4.56. The quantitative estimate of drug-likeness (QED) is 0.515. The molecule has 36 heavy (non-hydrogen) atoms. The molecule has 1 aliphatic carbocycles. The number of aliphatic hydroxyl groups is 1. The molecule has 2 N–H and O–H groups in total. The smallest absolute Gasteiger partial charge is 0.277 e. The summed E-state index contributed by atoms with van der Waals surface area (Å²) in [4.78, 5) is 41.7. The molecule has 8 nitrogen and oxygen atoms in total. The van der Waals surface area contributed by atoms with E-state index in [1.807, 2.05) is 67.5 Å². The Bertz CT molecular complexity index is 1210. The molecular weight excluding hydrogens is 456 g/mol. The summed E-state index contributed by atoms with van der Waals surface area (Å²) < 4.78 is 0. The number of hydrogen-bond donors (Lipinski definition) is 2. The molecule has 0 radical (unpaired) electrons. The van der Waals surface area contributed by atoms with E-state index in [0.29, 0.717) is 23.4 Å². The lowest BCUT2D eigenvalue weighted by Gasteiger charge is -2.29. The first-order valence-electron chi connectivity index (χ1n) is 12.5. The minimum atomic E-state index is -0.615. The van der Waals surface area contributed by atoms with E-state index >= 15 is 0 Å². The van der Waals surface area contributed by atoms with Crippen LogP contribution in [0.5, 0.6) is 0 Å². The number of hydrogen-bond acceptors (Lipinski definition) is 6. The standard InChI is InChI=1S/C28H38N4O4/c1-10-28(8,9)26(36)29-19-15-17(31(11-2)12-3)13-14-18(19)21-23(33)22(24(21)34)20-16(4)30-32(25(20)35)27(5,6)7/h13-15,33H,10-12H2,1-9H3,(H,29,36)/b22-20+. The molecule has 1 aliphatic heterocycles. The van der Waals surface area contributed by atoms with Crippen molar-refractivity contribution in [2.24, 2.45) is 10.5 Å². The van der Waals surface area contributed by atoms with Gasteiger partial charge in [-0.3, -0.25) is 14.4 Å². The molecule has 0 unspecified atom stereocenters. The van der Waals surface area contributed by atoms with E-state index in [-0.39, 0.29) is 28.4 Å². The van der Waals surface area contributed by atoms with Crippen LogP contribution in [0, 0.1) is 5.41 Å². The molecule has 0 aromatic heterocycles. The van der Waals surface area contributed by atoms with Crippen molar-refractivity contribution in [3.8, 4) is 0 Å². The van der Waals surface area contributed by atoms with Crippen LogP contribution in [0.1, 0.15) is 74.3 Å². The van der Waals surface area contributed by atoms with Crippen LogP contribution in [0.4, 0.5) is 11.4 Å². The second-order valence-electron chi connectivity index (χ2n) is 10.9. The first-order valence-corrected chi connectivity index (χ1v) is 12.5. The number of amides is 2. The summed E-state index contributed by atoms with van der Waals surface area (Å²) >= 11 is 0. The highest BCUT2D eigenvalue weighted by Gasteiger charge is 2.45. The molecule has 0 bridgehead atoms. The summed E-state index contributed by atoms with van der Waals surface area (Å²) in [6.45, 7) is 18.5. The molecule has 194 valence electrons. The minimum absolute atomic E-state index is 0.0259. The maximum atomic E-state index is 13.4. The normalized spacial score (nSPS) is 18.5. The van der Waals surface area contributed by atoms with Gasteiger partial charge >= 0.3 is 0 Å². The second-order valence-corrected chi connectivity index (χ2v) is 10.9. The van der Waals surface area contributed by atoms with Crippen LogP contribution >= 0.6 is 0 Å². The predicted octanol–water partition coefficient (Wildman–Crippen LogP) is 5.07. The van der Waals surface area contributed by atoms with Crippen molar-refractivity contribution in [3.63, 3.8) is 0 Å². The highest BCUT2D eigenvalue weighted by Crippen LogP contribution is 2.43. The van der Waals surface area contributed by atoms with Crippen LogP contribution in [-0.4, -0.2) is 52.1 Å². The van der Waals surface area contributed by atoms with Gasteiger partial charge in [0.2, 0.25) is 11.7 Å². The summed E-state index contributed by atoms with van der Waals surface area (Å²) in [5, 5.41) is 19.7. The summed E-state index contributed by atoms with van der Waals surface area (Å²) in [5.74, 6) is -1.29. The molecule has 2 aliphatic rings. The van der Waals surface area contributed by atoms with Gasteiger partial charge < -0.3 is 15.3 Å². The van der Waals surface area contributed by atoms with Gasteiger partial charge in [-0.1, -0.05) is 20.8 Å². The van der Waals surface area contributed by atoms with Crippen molar-refractivity contribution in [2.75, 3.05) is 23.3 Å². The first-order chi connectivity index (χ1) is 16.7. The van der Waals surface area contributed by atoms with Gasteiger partial charge in [-0.2, -0.15) is 5.10 Å². The van der Waals surface area contributed by atoms with Crippen LogP contribution in [0.25, 0.3) is 5.57 Å². The number of allylic oxidation sites excluding steroid dienone is 2. The molecule has 8 heteroatoms. The Kier molecular flexibility index (Phi) is 7.22. The molecular formula is C28H38N4O4. The highest BCUT2D eigenvalue weighted by atomic mass is 16.3. The van der Waals surface area contributed by atoms with Gasteiger partial charge in [-0.05, 0) is 66.2 Å². The van der Waals surface area contributed by atoms with Gasteiger partial charge in [0.15, 0.2) is 0 Å². The van der Waals surface area contributed by atoms with Crippen molar-refractivity contribution < 1.29 is 19.5 Å². The lowest BCUT2D eigenvalue weighted by molar-refractivity contribution is -0.130. The SMILES string of the molecule is CCN(CC)c1ccc(C2=C(O)/C(=C3\C(=O)N(C(C)(C)C)N=C3C)C2=O)c(NC(=O)C(C)(C)CC)c1. The largest absolute Gasteiger partial charge is 0.506 e. The van der Waals surface area contributed by atoms with Crippen molar-refractivity contribution in [2.45, 2.75) is 74.3 Å². The van der Waals surface area contributed by atoms with Crippen LogP contribution in [-0.2, 0) is 14.4 Å². The molecule has 0 fully saturated rings. The van der Waals surface area contributed by atoms with E-state index in [9.17, 15) is 19.5 Å². The van der Waals surface area contributed by atoms with Crippen molar-refractivity contribution in [1.82, 2.24) is 5.01 Å². The third-order valence-electron chi connectivity index (χ3n) is 6.98. The maximum absolute atomic E-state index is 13.4. The Hall–Kier alpha value is -3.42. The number of benzene rings is 1. The lowest BCUT2D eigenvalue weighted by atomic mass is 9.79. The van der Waals surface area contributed by atoms with E-state index in [0.717, 1.165) is 18.8 Å². The molecule has 1 aromatic carbocycles. The molecule has 0 atom stereocenters. The predicted molar refractivity (Wildman–Crippen MR) is 144 cm³/mol. The number of anilines is 2. The van der Waals surface area contributed by atoms with Gasteiger partial charge in [0.05, 0.1) is 33.7 Å². The fourth-order valence-electron chi connectivity index (χ4n) is 4.22. The molecule has 3 rings (SSSR count). The molecule has 0 saturated heterocycles. The number of aliphatic hydroxyl groups excluding tert-OH is 1. The average molecular weight is 495 g/mol. The van der Waals surface area contributed by atoms with Crippen LogP contribution in [0.3, 0.4) is 0 Å². The molecule has 1 aromatic rings. The van der Waals surface area contributed by atoms with E-state index in [2.05, 4.69) is 15.3 Å². The Morgan fingerprint density at radius 3 is 2.11 bits per heavy atom. The van der Waals surface area contributed by atoms with Crippen molar-refractivity contribution in [1.29, 1.82) is 0 Å². The van der Waals surface area contributed by atoms with Gasteiger partial charge in [0.25, 0.3) is 5.91 Å². The summed E-state index contributed by atoms with van der Waals surface area (Å²) in [6.07, 6.45) is 0.637. The molecule has 0 saturated carbocycles. The number of carbonyl (C=O) groups is 3. The van der Waals surface area contributed by atoms with Crippen LogP contribution < -0.4 is 10.2 Å². The first kappa shape index (κ1) is 27.2. The highest BCUT2D eigenvalue weighted by molar-refractivity contribution is 6.44. The Morgan fingerprint density at radius 1 is 1.03 bits per heavy atom. The van der Waals surface area contributed by atoms with E-state index in [4.69, 9.17) is 0 Å². The number of rotatable bonds is 7. The van der Waals surface area contributed by atoms with Crippen molar-refractivity contribution in [3.05, 3.63) is 40.7 Å². The van der Waals surface area contributed by atoms with Gasteiger partial charge in [0.1, 0.15) is 5.76 Å². The molecule has 0 spiro atoms. The monoisotopic (exact) mass is 494 g/mol. The number of carbonyl (C=O) groups excluding carboxylic acids is 3. The fourth-order valence-corrected chi connectivity index (χ4v) is 4.22. The lowest BCUT2D eigenvalue weighted by Crippen LogP contribution is -2.40. The molecule has 2 amide bonds. The minimum Gasteiger partial charge on any atom is -0.506 e. The van der Waals surface area contributed by atoms with Crippen LogP contribution in [0.15, 0.2) is 40.2 Å². The maximum Gasteiger partial charge on any atom is 0.277 e. The average Bonchev–Trinajstić information content (AvgIpc) is 3.10. The summed E-state index contributed by atoms with van der Waals surface area (Å²) in [6, 6.07) is 5.45. The number of ketones is 1. The number of Topliss-reactive ketones (excluding diaryl/α,β-unsaturated/α-hetero) is 1. The molecule has 1 heterocycles. The van der Waals surface area contributed by atoms with Crippen molar-refractivity contribution >= 4 is 40.3 Å². The Labute approximate surface area is 213 Å². The van der Waals surface area contributed by atoms with Crippen LogP contribution in [0.2, 0.25) is 0 Å². The second kappa shape index (κ2) is 9.56. The zero-order valence-corrected chi connectivity index (χ0v) is 22.9. The summed E-state index contributed by atoms with van der Waals surface area (Å²) in [5.41, 5.74) is 1.15. The zero-order valence-electron chi connectivity index (χ0n) is 22.9. The van der Waals surface area contributed by atoms with E-state index in [1.54, 1.807) is 13.0 Å². The number of hydrazone groups is 1. The van der Waals surface area contributed by atoms with Gasteiger partial charge in [-0.25, -0.2) is 5.01 Å². The van der Waals surface area contributed by atoms with Gasteiger partial charge in [-0.15, -0.1) is 0 Å². The third-order valence-corrected chi connectivity index (χ3v) is 6.98. The zero-order chi connectivity index (χ0) is 27.2. The number of nitrogens with one attached hydrogen (secondary N) is 1. The number of nitrogens with zero attached hydrogens (tertiary/aromatic N) is 3. The van der Waals surface area contributed by atoms with Gasteiger partial charge in [0, 0.05) is 29.8 Å². The Morgan fingerprint density at radius 2 is 1.64 bits per heavy atom. The summed E-state index contributed by atoms with van der Waals surface area (Å²) in [7, 11) is 0. The fraction of sp³-hybridized carbons (Fsp3) is 0.500. The van der Waals surface area contributed by atoms with E-state index < -0.39 is 22.6 Å². The van der Waals surface area contributed by atoms with E-state index in [1.165, 1.54) is 5.01 Å².